The molecule has 0 unspecified atom stereocenters. The molecule has 0 atom stereocenters. The van der Waals surface area contributed by atoms with E-state index < -0.39 is 0 Å². The van der Waals surface area contributed by atoms with Crippen LogP contribution in [0.3, 0.4) is 0 Å². The van der Waals surface area contributed by atoms with Crippen molar-refractivity contribution in [2.45, 2.75) is 6.67 Å². The van der Waals surface area contributed by atoms with Crippen LogP contribution in [0.1, 0.15) is 0 Å². The van der Waals surface area contributed by atoms with Gasteiger partial charge in [0.05, 0.1) is 21.9 Å². The molecule has 3 aromatic carbocycles. The van der Waals surface area contributed by atoms with Gasteiger partial charge < -0.3 is 0 Å². The highest BCUT2D eigenvalue weighted by atomic mass is 15.1. The maximum Gasteiger partial charge on any atom is 0.344 e. The maximum atomic E-state index is 5.06. The van der Waals surface area contributed by atoms with Gasteiger partial charge in [0.25, 0.3) is 0 Å². The van der Waals surface area contributed by atoms with Crippen molar-refractivity contribution in [2.75, 3.05) is 0 Å². The molecule has 0 saturated carbocycles. The summed E-state index contributed by atoms with van der Waals surface area (Å²) in [4.78, 5) is 14.9. The summed E-state index contributed by atoms with van der Waals surface area (Å²) in [6.45, 7) is 0.639. The summed E-state index contributed by atoms with van der Waals surface area (Å²) in [6, 6.07) is 33.1. The Morgan fingerprint density at radius 1 is 0.543 bits per heavy atom. The summed E-state index contributed by atoms with van der Waals surface area (Å²) >= 11 is 0. The second-order valence-corrected chi connectivity index (χ2v) is 8.61. The Balaban J connectivity index is 1.53. The van der Waals surface area contributed by atoms with Crippen LogP contribution in [0.2, 0.25) is 0 Å². The first-order chi connectivity index (χ1) is 17.4. The number of benzene rings is 3. The highest BCUT2D eigenvalue weighted by Crippen LogP contribution is 2.31. The SMILES string of the molecule is c1ccc(-c2cccc[n+]2C[n+]2cccc3c4nc5ccccc5nc4c4cccnc4c32)cc1. The Kier molecular flexibility index (Phi) is 4.45. The molecule has 164 valence electrons. The number of fused-ring (bicyclic) bond motifs is 7. The van der Waals surface area contributed by atoms with Crippen LogP contribution in [0.4, 0.5) is 0 Å². The molecule has 0 saturated heterocycles. The van der Waals surface area contributed by atoms with Crippen LogP contribution in [-0.2, 0) is 6.67 Å². The number of hydrogen-bond donors (Lipinski definition) is 0. The van der Waals surface area contributed by atoms with Gasteiger partial charge >= 0.3 is 6.67 Å². The first kappa shape index (κ1) is 19.7. The average molecular weight is 452 g/mol. The van der Waals surface area contributed by atoms with Crippen molar-refractivity contribution in [3.63, 3.8) is 0 Å². The van der Waals surface area contributed by atoms with E-state index in [4.69, 9.17) is 15.0 Å². The van der Waals surface area contributed by atoms with Crippen molar-refractivity contribution in [3.05, 3.63) is 116 Å². The first-order valence-corrected chi connectivity index (χ1v) is 11.7. The summed E-state index contributed by atoms with van der Waals surface area (Å²) in [7, 11) is 0. The summed E-state index contributed by atoms with van der Waals surface area (Å²) in [5.74, 6) is 0. The Labute approximate surface area is 201 Å². The van der Waals surface area contributed by atoms with Crippen LogP contribution in [0.25, 0.3) is 55.1 Å². The monoisotopic (exact) mass is 451 g/mol. The van der Waals surface area contributed by atoms with Gasteiger partial charge in [0.2, 0.25) is 11.2 Å². The van der Waals surface area contributed by atoms with Gasteiger partial charge in [-0.15, -0.1) is 9.13 Å². The van der Waals surface area contributed by atoms with Gasteiger partial charge in [-0.1, -0.05) is 30.3 Å². The van der Waals surface area contributed by atoms with Gasteiger partial charge in [-0.25, -0.2) is 15.0 Å². The third-order valence-electron chi connectivity index (χ3n) is 6.50. The molecule has 0 bridgehead atoms. The van der Waals surface area contributed by atoms with Gasteiger partial charge in [-0.05, 0) is 48.5 Å². The summed E-state index contributed by atoms with van der Waals surface area (Å²) in [6.07, 6.45) is 6.09. The largest absolute Gasteiger partial charge is 0.344 e. The number of nitrogens with zero attached hydrogens (tertiary/aromatic N) is 5. The highest BCUT2D eigenvalue weighted by molar-refractivity contribution is 6.20. The van der Waals surface area contributed by atoms with Crippen molar-refractivity contribution in [2.24, 2.45) is 0 Å². The van der Waals surface area contributed by atoms with Crippen LogP contribution in [0.5, 0.6) is 0 Å². The van der Waals surface area contributed by atoms with E-state index in [0.717, 1.165) is 49.6 Å². The lowest BCUT2D eigenvalue weighted by molar-refractivity contribution is -0.896. The standard InChI is InChI=1S/C30H21N5/c1-2-10-21(11-3-1)26-16-6-7-18-34(26)20-35-19-9-13-23-28-27(22-12-8-17-31-29(22)30(23)35)32-24-14-4-5-15-25(24)33-28/h1-19H,20H2/q+2. The second-order valence-electron chi connectivity index (χ2n) is 8.61. The van der Waals surface area contributed by atoms with E-state index >= 15 is 0 Å². The van der Waals surface area contributed by atoms with Crippen LogP contribution < -0.4 is 9.13 Å². The molecule has 35 heavy (non-hydrogen) atoms. The lowest BCUT2D eigenvalue weighted by Crippen LogP contribution is -2.52. The second kappa shape index (κ2) is 7.92. The van der Waals surface area contributed by atoms with Crippen molar-refractivity contribution < 1.29 is 9.13 Å². The zero-order valence-electron chi connectivity index (χ0n) is 18.9. The highest BCUT2D eigenvalue weighted by Gasteiger charge is 2.23. The topological polar surface area (TPSA) is 46.4 Å². The third-order valence-corrected chi connectivity index (χ3v) is 6.50. The summed E-state index contributed by atoms with van der Waals surface area (Å²) in [5.41, 5.74) is 7.88. The number of rotatable bonds is 3. The van der Waals surface area contributed by atoms with Crippen LogP contribution in [0, 0.1) is 0 Å². The molecule has 0 fully saturated rings. The third kappa shape index (κ3) is 3.21. The van der Waals surface area contributed by atoms with E-state index in [1.54, 1.807) is 0 Å². The van der Waals surface area contributed by atoms with E-state index in [9.17, 15) is 0 Å². The zero-order chi connectivity index (χ0) is 23.2. The van der Waals surface area contributed by atoms with Crippen molar-refractivity contribution in [1.82, 2.24) is 15.0 Å². The Bertz CT molecular complexity index is 1880. The quantitative estimate of drug-likeness (QED) is 0.210. The molecule has 5 nitrogen and oxygen atoms in total. The van der Waals surface area contributed by atoms with Gasteiger partial charge in [-0.3, -0.25) is 0 Å². The zero-order valence-corrected chi connectivity index (χ0v) is 18.9. The lowest BCUT2D eigenvalue weighted by Gasteiger charge is -2.09. The predicted octanol–water partition coefficient (Wildman–Crippen LogP) is 5.23. The molecule has 0 amide bonds. The van der Waals surface area contributed by atoms with Crippen molar-refractivity contribution >= 4 is 43.9 Å². The first-order valence-electron chi connectivity index (χ1n) is 11.7. The molecule has 5 heteroatoms. The minimum atomic E-state index is 0.639. The van der Waals surface area contributed by atoms with E-state index in [2.05, 4.69) is 82.2 Å². The van der Waals surface area contributed by atoms with E-state index in [-0.39, 0.29) is 0 Å². The Morgan fingerprint density at radius 3 is 2.06 bits per heavy atom. The fraction of sp³-hybridized carbons (Fsp3) is 0.0333. The molecule has 7 aromatic rings. The molecular weight excluding hydrogens is 430 g/mol. The molecule has 0 spiro atoms. The fourth-order valence-electron chi connectivity index (χ4n) is 4.92. The molecule has 4 heterocycles. The van der Waals surface area contributed by atoms with E-state index in [1.165, 1.54) is 5.56 Å². The molecule has 0 radical (unpaired) electrons. The van der Waals surface area contributed by atoms with Crippen LogP contribution in [-0.4, -0.2) is 15.0 Å². The van der Waals surface area contributed by atoms with Crippen molar-refractivity contribution in [1.29, 1.82) is 0 Å². The number of pyridine rings is 3. The Hall–Kier alpha value is -4.77. The van der Waals surface area contributed by atoms with Crippen molar-refractivity contribution in [3.8, 4) is 11.3 Å². The number of para-hydroxylation sites is 2. The van der Waals surface area contributed by atoms with Crippen LogP contribution in [0.15, 0.2) is 116 Å². The van der Waals surface area contributed by atoms with Gasteiger partial charge in [-0.2, -0.15) is 0 Å². The molecule has 0 N–H and O–H groups in total. The molecule has 0 aliphatic rings. The van der Waals surface area contributed by atoms with Gasteiger partial charge in [0.1, 0.15) is 11.0 Å². The van der Waals surface area contributed by atoms with E-state index in [1.807, 2.05) is 42.6 Å². The number of hydrogen-bond acceptors (Lipinski definition) is 3. The van der Waals surface area contributed by atoms with Gasteiger partial charge in [0, 0.05) is 35.3 Å². The average Bonchev–Trinajstić information content (AvgIpc) is 2.93. The molecule has 0 aliphatic carbocycles. The Morgan fingerprint density at radius 2 is 1.23 bits per heavy atom. The molecular formula is C30H21N5+2. The van der Waals surface area contributed by atoms with E-state index in [0.29, 0.717) is 6.67 Å². The number of aromatic nitrogens is 5. The fourth-order valence-corrected chi connectivity index (χ4v) is 4.92. The minimum absolute atomic E-state index is 0.639. The summed E-state index contributed by atoms with van der Waals surface area (Å²) < 4.78 is 4.52. The minimum Gasteiger partial charge on any atom is -0.249 e. The predicted molar refractivity (Wildman–Crippen MR) is 138 cm³/mol. The lowest BCUT2D eigenvalue weighted by atomic mass is 10.1. The molecule has 4 aromatic heterocycles. The van der Waals surface area contributed by atoms with Crippen LogP contribution >= 0.6 is 0 Å². The maximum absolute atomic E-state index is 5.06. The normalized spacial score (nSPS) is 11.5. The molecule has 0 aliphatic heterocycles. The molecule has 7 rings (SSSR count). The summed E-state index contributed by atoms with van der Waals surface area (Å²) in [5, 5.41) is 2.05. The smallest absolute Gasteiger partial charge is 0.249 e. The van der Waals surface area contributed by atoms with Gasteiger partial charge in [0.15, 0.2) is 12.4 Å².